The van der Waals surface area contributed by atoms with Gasteiger partial charge >= 0.3 is 6.09 Å². The first-order valence-electron chi connectivity index (χ1n) is 16.3. The molecule has 0 bridgehead atoms. The van der Waals surface area contributed by atoms with Crippen LogP contribution < -0.4 is 10.1 Å². The lowest BCUT2D eigenvalue weighted by molar-refractivity contribution is 0.0543. The molecule has 1 atom stereocenters. The third kappa shape index (κ3) is 8.41. The summed E-state index contributed by atoms with van der Waals surface area (Å²) in [5, 5.41) is 12.0. The Morgan fingerprint density at radius 2 is 1.64 bits per heavy atom. The quantitative estimate of drug-likeness (QED) is 0.168. The molecule has 0 spiro atoms. The van der Waals surface area contributed by atoms with Crippen molar-refractivity contribution >= 4 is 54.9 Å². The lowest BCUT2D eigenvalue weighted by atomic mass is 9.72. The third-order valence-electron chi connectivity index (χ3n) is 9.34. The van der Waals surface area contributed by atoms with E-state index in [1.165, 1.54) is 13.4 Å². The highest BCUT2D eigenvalue weighted by atomic mass is 35.5. The molecule has 2 amide bonds. The van der Waals surface area contributed by atoms with E-state index in [2.05, 4.69) is 5.32 Å². The van der Waals surface area contributed by atoms with E-state index in [0.717, 1.165) is 34.6 Å². The summed E-state index contributed by atoms with van der Waals surface area (Å²) in [5.41, 5.74) is 2.68. The van der Waals surface area contributed by atoms with Crippen LogP contribution in [0.2, 0.25) is 5.02 Å². The van der Waals surface area contributed by atoms with Crippen molar-refractivity contribution in [3.05, 3.63) is 87.3 Å². The number of amides is 2. The number of fused-ring (bicyclic) bond motifs is 1. The number of ether oxygens (including phenoxy) is 1. The fourth-order valence-corrected chi connectivity index (χ4v) is 9.32. The number of sulfone groups is 1. The van der Waals surface area contributed by atoms with Crippen LogP contribution in [-0.2, 0) is 22.1 Å². The fraction of sp³-hybridized carbons (Fsp3) is 0.405. The summed E-state index contributed by atoms with van der Waals surface area (Å²) in [4.78, 5) is 27.9. The van der Waals surface area contributed by atoms with Crippen LogP contribution in [0.5, 0.6) is 5.75 Å². The molecule has 0 saturated heterocycles. The molecule has 1 aliphatic rings. The predicted molar refractivity (Wildman–Crippen MR) is 194 cm³/mol. The van der Waals surface area contributed by atoms with Gasteiger partial charge in [0.1, 0.15) is 22.3 Å². The Kier molecular flexibility index (Phi) is 11.1. The van der Waals surface area contributed by atoms with Gasteiger partial charge in [0, 0.05) is 30.4 Å². The molecular weight excluding hydrogens is 706 g/mol. The van der Waals surface area contributed by atoms with Crippen LogP contribution in [-0.4, -0.2) is 55.9 Å². The summed E-state index contributed by atoms with van der Waals surface area (Å²) in [6, 6.07) is 14.2. The largest absolute Gasteiger partial charge is 0.496 e. The van der Waals surface area contributed by atoms with Crippen LogP contribution >= 0.6 is 22.9 Å². The van der Waals surface area contributed by atoms with Gasteiger partial charge in [-0.25, -0.2) is 22.0 Å². The maximum atomic E-state index is 14.9. The average molecular weight is 747 g/mol. The summed E-state index contributed by atoms with van der Waals surface area (Å²) in [7, 11) is -1.66. The van der Waals surface area contributed by atoms with Crippen LogP contribution in [0, 0.1) is 23.0 Å². The van der Waals surface area contributed by atoms with Gasteiger partial charge in [0.25, 0.3) is 5.91 Å². The Hall–Kier alpha value is -3.74. The van der Waals surface area contributed by atoms with Gasteiger partial charge in [0.05, 0.1) is 28.0 Å². The van der Waals surface area contributed by atoms with Crippen LogP contribution in [0.15, 0.2) is 54.6 Å². The van der Waals surface area contributed by atoms with Crippen molar-refractivity contribution in [1.29, 1.82) is 0 Å². The second-order valence-corrected chi connectivity index (χ2v) is 17.6. The number of hydrogen-bond acceptors (Lipinski definition) is 6. The van der Waals surface area contributed by atoms with Gasteiger partial charge in [-0.2, -0.15) is 0 Å². The van der Waals surface area contributed by atoms with Crippen molar-refractivity contribution < 1.29 is 36.6 Å². The Balaban J connectivity index is 1.52. The van der Waals surface area contributed by atoms with Gasteiger partial charge < -0.3 is 20.1 Å². The second-order valence-electron chi connectivity index (χ2n) is 14.1. The normalized spacial score (nSPS) is 17.4. The molecule has 1 unspecified atom stereocenters. The van der Waals surface area contributed by atoms with Crippen LogP contribution in [0.3, 0.4) is 0 Å². The summed E-state index contributed by atoms with van der Waals surface area (Å²) >= 11 is 7.44. The van der Waals surface area contributed by atoms with Crippen molar-refractivity contribution in [2.24, 2.45) is 11.3 Å². The molecule has 1 fully saturated rings. The number of nitrogens with one attached hydrogen (secondary N) is 1. The number of thiophene rings is 1. The third-order valence-corrected chi connectivity index (χ3v) is 11.9. The lowest BCUT2D eigenvalue weighted by Crippen LogP contribution is -2.50. The number of hydrogen-bond donors (Lipinski definition) is 2. The minimum absolute atomic E-state index is 0.0319. The molecule has 8 nitrogen and oxygen atoms in total. The maximum Gasteiger partial charge on any atom is 0.404 e. The lowest BCUT2D eigenvalue weighted by Gasteiger charge is -2.43. The topological polar surface area (TPSA) is 113 Å². The zero-order valence-electron chi connectivity index (χ0n) is 28.6. The van der Waals surface area contributed by atoms with Crippen LogP contribution in [0.25, 0.3) is 21.2 Å². The summed E-state index contributed by atoms with van der Waals surface area (Å²) in [6.45, 7) is 6.09. The maximum absolute atomic E-state index is 14.9. The van der Waals surface area contributed by atoms with Gasteiger partial charge in [-0.1, -0.05) is 62.7 Å². The monoisotopic (exact) mass is 746 g/mol. The zero-order chi connectivity index (χ0) is 36.5. The molecule has 0 radical (unpaired) electrons. The molecule has 1 aliphatic carbocycles. The molecule has 2 N–H and O–H groups in total. The first-order valence-corrected chi connectivity index (χ1v) is 19.5. The van der Waals surface area contributed by atoms with Crippen molar-refractivity contribution in [3.63, 3.8) is 0 Å². The molecule has 268 valence electrons. The van der Waals surface area contributed by atoms with Crippen molar-refractivity contribution in [2.75, 3.05) is 13.4 Å². The molecule has 13 heteroatoms. The first kappa shape index (κ1) is 37.5. The van der Waals surface area contributed by atoms with Gasteiger partial charge in [0.15, 0.2) is 9.84 Å². The highest BCUT2D eigenvalue weighted by molar-refractivity contribution is 7.89. The molecule has 1 aromatic heterocycles. The van der Waals surface area contributed by atoms with E-state index in [4.69, 9.17) is 16.3 Å². The second kappa shape index (κ2) is 14.9. The number of carbonyl (C=O) groups excluding carboxylic acids is 1. The highest BCUT2D eigenvalue weighted by Crippen LogP contribution is 2.42. The Morgan fingerprint density at radius 1 is 1.02 bits per heavy atom. The van der Waals surface area contributed by atoms with Crippen molar-refractivity contribution in [3.8, 4) is 16.9 Å². The van der Waals surface area contributed by atoms with E-state index in [9.17, 15) is 31.9 Å². The number of benzene rings is 3. The van der Waals surface area contributed by atoms with Crippen LogP contribution in [0.4, 0.5) is 13.6 Å². The standard InChI is InChI=1S/C37H41ClF2N2O6S2/c1-37(2,3)34(41-36(44)45)23-10-13-26(14-11-23)42(35(43)33-31(38)30-27(39)15-16-28(40)32(30)49-33)19-25-18-24(12-17-29(25)48-4)22-8-6-21(7-9-22)20-50(5,46)47/h6-9,12,15-18,23,26,34,41H,10-11,13-14,19-20H2,1-5H3,(H,44,45). The Bertz CT molecular complexity index is 2000. The van der Waals surface area contributed by atoms with E-state index < -0.39 is 33.5 Å². The van der Waals surface area contributed by atoms with E-state index in [1.54, 1.807) is 23.1 Å². The molecule has 1 heterocycles. The van der Waals surface area contributed by atoms with Gasteiger partial charge in [0.2, 0.25) is 0 Å². The van der Waals surface area contributed by atoms with E-state index >= 15 is 0 Å². The van der Waals surface area contributed by atoms with E-state index in [0.29, 0.717) is 42.6 Å². The van der Waals surface area contributed by atoms with Crippen molar-refractivity contribution in [1.82, 2.24) is 10.2 Å². The molecule has 1 saturated carbocycles. The Labute approximate surface area is 300 Å². The Morgan fingerprint density at radius 3 is 2.20 bits per heavy atom. The summed E-state index contributed by atoms with van der Waals surface area (Å²) in [5.74, 6) is -1.35. The molecule has 4 aromatic rings. The zero-order valence-corrected chi connectivity index (χ0v) is 30.9. The fourth-order valence-electron chi connectivity index (χ4n) is 7.02. The minimum atomic E-state index is -3.20. The minimum Gasteiger partial charge on any atom is -0.496 e. The summed E-state index contributed by atoms with van der Waals surface area (Å²) in [6.07, 6.45) is 2.54. The number of carbonyl (C=O) groups is 2. The average Bonchev–Trinajstić information content (AvgIpc) is 3.41. The molecule has 50 heavy (non-hydrogen) atoms. The van der Waals surface area contributed by atoms with Crippen molar-refractivity contribution in [2.45, 2.75) is 70.8 Å². The number of methoxy groups -OCH3 is 1. The molecule has 5 rings (SSSR count). The molecule has 3 aromatic carbocycles. The van der Waals surface area contributed by atoms with Gasteiger partial charge in [-0.05, 0) is 78.0 Å². The van der Waals surface area contributed by atoms with E-state index in [-0.39, 0.29) is 55.7 Å². The molecule has 0 aliphatic heterocycles. The first-order chi connectivity index (χ1) is 23.5. The molecular formula is C37H41ClF2N2O6S2. The SMILES string of the molecule is COc1ccc(-c2ccc(CS(C)(=O)=O)cc2)cc1CN(C(=O)c1sc2c(F)ccc(F)c2c1Cl)C1CCC(C(NC(=O)O)C(C)(C)C)CC1. The summed E-state index contributed by atoms with van der Waals surface area (Å²) < 4.78 is 58.9. The number of carboxylic acid groups (broad SMARTS) is 1. The van der Waals surface area contributed by atoms with E-state index in [1.807, 2.05) is 45.0 Å². The number of nitrogens with zero attached hydrogens (tertiary/aromatic N) is 1. The van der Waals surface area contributed by atoms with Gasteiger partial charge in [-0.15, -0.1) is 11.3 Å². The van der Waals surface area contributed by atoms with Gasteiger partial charge in [-0.3, -0.25) is 4.79 Å². The smallest absolute Gasteiger partial charge is 0.404 e. The van der Waals surface area contributed by atoms with Crippen LogP contribution in [0.1, 0.15) is 67.3 Å². The number of halogens is 3. The predicted octanol–water partition coefficient (Wildman–Crippen LogP) is 8.94. The highest BCUT2D eigenvalue weighted by Gasteiger charge is 2.39. The number of rotatable bonds is 10.